The molecule has 1 unspecified atom stereocenters. The Bertz CT molecular complexity index is 947. The zero-order chi connectivity index (χ0) is 36.3. The van der Waals surface area contributed by atoms with Crippen LogP contribution in [0.3, 0.4) is 0 Å². The SMILES string of the molecule is CC(C)(C)C1CC(F)(F)C1.CC(C)(C)C1CCOC1.CC(C)(C)C1CCOCC1.CC(C)(C)C1COC1.CC(C)(C)c1ccccc1. The van der Waals surface area contributed by atoms with Gasteiger partial charge in [0.05, 0.1) is 13.2 Å². The zero-order valence-corrected chi connectivity index (χ0v) is 33.5. The molecular weight excluding hydrogens is 590 g/mol. The molecule has 3 heterocycles. The minimum atomic E-state index is -2.35. The van der Waals surface area contributed by atoms with Crippen LogP contribution in [-0.4, -0.2) is 45.6 Å². The first-order valence-corrected chi connectivity index (χ1v) is 18.4. The summed E-state index contributed by atoms with van der Waals surface area (Å²) in [4.78, 5) is 0. The van der Waals surface area contributed by atoms with Crippen molar-refractivity contribution >= 4 is 0 Å². The van der Waals surface area contributed by atoms with E-state index in [-0.39, 0.29) is 24.2 Å². The van der Waals surface area contributed by atoms with Gasteiger partial charge in [-0.1, -0.05) is 134 Å². The van der Waals surface area contributed by atoms with Gasteiger partial charge in [0.15, 0.2) is 0 Å². The van der Waals surface area contributed by atoms with Crippen LogP contribution in [0.4, 0.5) is 8.78 Å². The third-order valence-corrected chi connectivity index (χ3v) is 10.4. The summed E-state index contributed by atoms with van der Waals surface area (Å²) in [7, 11) is 0. The summed E-state index contributed by atoms with van der Waals surface area (Å²) in [5.41, 5.74) is 3.18. The molecule has 0 bridgehead atoms. The Morgan fingerprint density at radius 2 is 0.872 bits per heavy atom. The van der Waals surface area contributed by atoms with E-state index in [1.165, 1.54) is 24.8 Å². The fraction of sp³-hybridized carbons (Fsp3) is 0.857. The summed E-state index contributed by atoms with van der Waals surface area (Å²) < 4.78 is 40.3. The molecule has 3 nitrogen and oxygen atoms in total. The number of ether oxygens (including phenoxy) is 3. The molecule has 0 aromatic heterocycles. The maximum absolute atomic E-state index is 12.3. The lowest BCUT2D eigenvalue weighted by atomic mass is 9.66. The highest BCUT2D eigenvalue weighted by atomic mass is 19.3. The highest BCUT2D eigenvalue weighted by molar-refractivity contribution is 5.22. The van der Waals surface area contributed by atoms with E-state index in [9.17, 15) is 8.78 Å². The molecule has 4 aliphatic rings. The lowest BCUT2D eigenvalue weighted by Gasteiger charge is -2.43. The molecule has 0 N–H and O–H groups in total. The molecule has 1 aromatic rings. The molecule has 0 amide bonds. The van der Waals surface area contributed by atoms with E-state index in [0.29, 0.717) is 21.7 Å². The molecule has 276 valence electrons. The van der Waals surface area contributed by atoms with E-state index in [4.69, 9.17) is 14.2 Å². The van der Waals surface area contributed by atoms with Crippen LogP contribution in [0.5, 0.6) is 0 Å². The van der Waals surface area contributed by atoms with Gasteiger partial charge in [0.2, 0.25) is 5.92 Å². The standard InChI is InChI=1S/C10H14.C9H18O.C8H14F2.C8H16O.C7H14O/c1-10(2,3)9-7-5-4-6-8-9;1-9(2,3)8-4-6-10-7-5-8;1-7(2,3)6-4-8(9,10)5-6;1-8(2,3)7-4-5-9-6-7;1-7(2,3)6-4-8-5-6/h4-8H,1-3H3;8H,4-7H2,1-3H3;6H,4-5H2,1-3H3;7H,4-6H2,1-3H3;6H,4-5H2,1-3H3. The van der Waals surface area contributed by atoms with Gasteiger partial charge < -0.3 is 14.2 Å². The molecule has 1 atom stereocenters. The van der Waals surface area contributed by atoms with E-state index in [2.05, 4.69) is 113 Å². The number of benzene rings is 1. The van der Waals surface area contributed by atoms with Gasteiger partial charge in [-0.15, -0.1) is 0 Å². The normalized spacial score (nSPS) is 22.4. The fourth-order valence-corrected chi connectivity index (χ4v) is 5.73. The Kier molecular flexibility index (Phi) is 17.1. The molecule has 5 heteroatoms. The van der Waals surface area contributed by atoms with Crippen molar-refractivity contribution in [2.45, 2.75) is 147 Å². The van der Waals surface area contributed by atoms with Gasteiger partial charge in [-0.3, -0.25) is 0 Å². The van der Waals surface area contributed by atoms with Gasteiger partial charge >= 0.3 is 0 Å². The van der Waals surface area contributed by atoms with Crippen molar-refractivity contribution in [1.82, 2.24) is 0 Å². The second-order valence-electron chi connectivity index (χ2n) is 19.7. The first-order chi connectivity index (χ1) is 21.2. The molecule has 1 saturated carbocycles. The molecule has 4 fully saturated rings. The number of hydrogen-bond donors (Lipinski definition) is 0. The molecule has 47 heavy (non-hydrogen) atoms. The van der Waals surface area contributed by atoms with Gasteiger partial charge in [-0.2, -0.15) is 0 Å². The van der Waals surface area contributed by atoms with Gasteiger partial charge in [-0.05, 0) is 69.7 Å². The van der Waals surface area contributed by atoms with E-state index in [1.807, 2.05) is 20.8 Å². The fourth-order valence-electron chi connectivity index (χ4n) is 5.73. The molecule has 1 aromatic carbocycles. The van der Waals surface area contributed by atoms with Crippen molar-refractivity contribution in [3.8, 4) is 0 Å². The van der Waals surface area contributed by atoms with Crippen molar-refractivity contribution in [2.75, 3.05) is 39.6 Å². The van der Waals surface area contributed by atoms with Gasteiger partial charge in [0.25, 0.3) is 0 Å². The van der Waals surface area contributed by atoms with E-state index in [1.54, 1.807) is 0 Å². The molecular formula is C42H76F2O3. The molecule has 0 spiro atoms. The largest absolute Gasteiger partial charge is 0.381 e. The average molecular weight is 667 g/mol. The van der Waals surface area contributed by atoms with Crippen LogP contribution in [0.2, 0.25) is 0 Å². The molecule has 3 aliphatic heterocycles. The van der Waals surface area contributed by atoms with Crippen molar-refractivity contribution in [1.29, 1.82) is 0 Å². The summed E-state index contributed by atoms with van der Waals surface area (Å²) in [5.74, 6) is 0.349. The molecule has 3 saturated heterocycles. The number of rotatable bonds is 0. The summed E-state index contributed by atoms with van der Waals surface area (Å²) in [5, 5.41) is 0. The minimum absolute atomic E-state index is 0.0711. The Balaban J connectivity index is 0.000000294. The molecule has 1 aliphatic carbocycles. The van der Waals surface area contributed by atoms with Crippen LogP contribution < -0.4 is 0 Å². The topological polar surface area (TPSA) is 27.7 Å². The second kappa shape index (κ2) is 18.3. The van der Waals surface area contributed by atoms with Crippen molar-refractivity contribution in [3.63, 3.8) is 0 Å². The molecule has 5 rings (SSSR count). The summed E-state index contributed by atoms with van der Waals surface area (Å²) in [6, 6.07) is 10.6. The highest BCUT2D eigenvalue weighted by Crippen LogP contribution is 2.50. The van der Waals surface area contributed by atoms with Crippen molar-refractivity contribution < 1.29 is 23.0 Å². The highest BCUT2D eigenvalue weighted by Gasteiger charge is 2.49. The summed E-state index contributed by atoms with van der Waals surface area (Å²) in [6.07, 6.45) is 3.95. The third kappa shape index (κ3) is 18.0. The second-order valence-corrected chi connectivity index (χ2v) is 19.7. The zero-order valence-electron chi connectivity index (χ0n) is 33.5. The van der Waals surface area contributed by atoms with Crippen LogP contribution in [0.1, 0.15) is 142 Å². The van der Waals surface area contributed by atoms with Crippen LogP contribution >= 0.6 is 0 Å². The number of hydrogen-bond acceptors (Lipinski definition) is 3. The van der Waals surface area contributed by atoms with Crippen LogP contribution in [0.25, 0.3) is 0 Å². The Morgan fingerprint density at radius 3 is 1.06 bits per heavy atom. The maximum Gasteiger partial charge on any atom is 0.248 e. The lowest BCUT2D eigenvalue weighted by molar-refractivity contribution is -0.138. The van der Waals surface area contributed by atoms with Crippen molar-refractivity contribution in [3.05, 3.63) is 35.9 Å². The van der Waals surface area contributed by atoms with Gasteiger partial charge in [-0.25, -0.2) is 8.78 Å². The Morgan fingerprint density at radius 1 is 0.489 bits per heavy atom. The van der Waals surface area contributed by atoms with Gasteiger partial charge in [0.1, 0.15) is 0 Å². The maximum atomic E-state index is 12.3. The van der Waals surface area contributed by atoms with Crippen LogP contribution in [0, 0.1) is 45.3 Å². The van der Waals surface area contributed by atoms with Crippen LogP contribution in [0.15, 0.2) is 30.3 Å². The van der Waals surface area contributed by atoms with Gasteiger partial charge in [0, 0.05) is 45.2 Å². The number of alkyl halides is 2. The first kappa shape index (κ1) is 44.0. The van der Waals surface area contributed by atoms with E-state index >= 15 is 0 Å². The quantitative estimate of drug-likeness (QED) is 0.276. The summed E-state index contributed by atoms with van der Waals surface area (Å²) >= 11 is 0. The predicted octanol–water partition coefficient (Wildman–Crippen LogP) is 12.3. The lowest BCUT2D eigenvalue weighted by Crippen LogP contribution is -2.42. The number of halogens is 2. The average Bonchev–Trinajstić information content (AvgIpc) is 3.43. The Hall–Kier alpha value is -1.04. The van der Waals surface area contributed by atoms with Crippen LogP contribution in [-0.2, 0) is 19.6 Å². The third-order valence-electron chi connectivity index (χ3n) is 10.4. The van der Waals surface area contributed by atoms with E-state index in [0.717, 1.165) is 57.4 Å². The van der Waals surface area contributed by atoms with E-state index < -0.39 is 5.92 Å². The predicted molar refractivity (Wildman–Crippen MR) is 197 cm³/mol. The smallest absolute Gasteiger partial charge is 0.248 e. The minimum Gasteiger partial charge on any atom is -0.381 e. The first-order valence-electron chi connectivity index (χ1n) is 18.4. The monoisotopic (exact) mass is 667 g/mol. The molecule has 0 radical (unpaired) electrons. The Labute approximate surface area is 290 Å². The van der Waals surface area contributed by atoms with Crippen molar-refractivity contribution in [2.24, 2.45) is 45.3 Å². The summed E-state index contributed by atoms with van der Waals surface area (Å²) in [6.45, 7) is 39.2.